The Hall–Kier alpha value is -2.98. The van der Waals surface area contributed by atoms with Gasteiger partial charge < -0.3 is 24.4 Å². The summed E-state index contributed by atoms with van der Waals surface area (Å²) in [4.78, 5) is 14.3. The lowest BCUT2D eigenvalue weighted by Gasteiger charge is -2.20. The van der Waals surface area contributed by atoms with Crippen LogP contribution in [0.3, 0.4) is 0 Å². The zero-order valence-electron chi connectivity index (χ0n) is 18.7. The highest BCUT2D eigenvalue weighted by Crippen LogP contribution is 2.40. The number of hydrogen-bond donors (Lipinski definition) is 1. The minimum atomic E-state index is -0.0322. The van der Waals surface area contributed by atoms with Crippen molar-refractivity contribution in [2.24, 2.45) is 0 Å². The largest absolute Gasteiger partial charge is 0.493 e. The van der Waals surface area contributed by atoms with Crippen LogP contribution in [0, 0.1) is 6.92 Å². The molecule has 2 aromatic carbocycles. The third-order valence-corrected chi connectivity index (χ3v) is 6.57. The third kappa shape index (κ3) is 5.83. The van der Waals surface area contributed by atoms with Gasteiger partial charge in [0.25, 0.3) is 0 Å². The summed E-state index contributed by atoms with van der Waals surface area (Å²) in [5.74, 6) is 1.85. The Morgan fingerprint density at radius 1 is 1.09 bits per heavy atom. The van der Waals surface area contributed by atoms with E-state index in [-0.39, 0.29) is 11.7 Å². The monoisotopic (exact) mass is 474 g/mol. The average molecular weight is 475 g/mol. The molecule has 0 spiro atoms. The van der Waals surface area contributed by atoms with Gasteiger partial charge in [0.1, 0.15) is 0 Å². The van der Waals surface area contributed by atoms with E-state index in [0.29, 0.717) is 28.9 Å². The van der Waals surface area contributed by atoms with E-state index in [1.807, 2.05) is 37.3 Å². The highest BCUT2D eigenvalue weighted by molar-refractivity contribution is 8.01. The number of rotatable bonds is 10. The summed E-state index contributed by atoms with van der Waals surface area (Å²) in [6.45, 7) is 2.41. The molecule has 0 aliphatic rings. The SMILES string of the molecule is COc1ccc(CN(C)C(=O)CSc2nnc(Nc3cccc(C)c3)s2)c(OC)c1OC. The Bertz CT molecular complexity index is 1070. The maximum absolute atomic E-state index is 12.7. The molecule has 0 radical (unpaired) electrons. The molecule has 1 amide bonds. The molecule has 0 aliphatic carbocycles. The van der Waals surface area contributed by atoms with Crippen molar-refractivity contribution in [2.75, 3.05) is 39.4 Å². The van der Waals surface area contributed by atoms with Gasteiger partial charge >= 0.3 is 0 Å². The third-order valence-electron chi connectivity index (χ3n) is 4.61. The summed E-state index contributed by atoms with van der Waals surface area (Å²) in [7, 11) is 6.44. The number of amides is 1. The van der Waals surface area contributed by atoms with Crippen molar-refractivity contribution < 1.29 is 19.0 Å². The van der Waals surface area contributed by atoms with E-state index in [1.165, 1.54) is 23.1 Å². The normalized spacial score (nSPS) is 10.5. The smallest absolute Gasteiger partial charge is 0.233 e. The van der Waals surface area contributed by atoms with Gasteiger partial charge in [-0.05, 0) is 36.8 Å². The molecule has 1 heterocycles. The van der Waals surface area contributed by atoms with Crippen LogP contribution in [0.5, 0.6) is 17.2 Å². The maximum Gasteiger partial charge on any atom is 0.233 e. The molecule has 0 bridgehead atoms. The molecule has 1 aromatic heterocycles. The van der Waals surface area contributed by atoms with E-state index in [9.17, 15) is 4.79 Å². The predicted molar refractivity (Wildman–Crippen MR) is 128 cm³/mol. The molecule has 0 fully saturated rings. The second kappa shape index (κ2) is 11.1. The first-order chi connectivity index (χ1) is 15.4. The molecule has 8 nitrogen and oxygen atoms in total. The average Bonchev–Trinajstić information content (AvgIpc) is 3.24. The molecule has 0 atom stereocenters. The number of aryl methyl sites for hydroxylation is 1. The van der Waals surface area contributed by atoms with E-state index in [4.69, 9.17) is 14.2 Å². The number of nitrogens with one attached hydrogen (secondary N) is 1. The zero-order chi connectivity index (χ0) is 23.1. The number of hydrogen-bond acceptors (Lipinski definition) is 9. The quantitative estimate of drug-likeness (QED) is 0.434. The molecule has 10 heteroatoms. The molecule has 3 rings (SSSR count). The lowest BCUT2D eigenvalue weighted by molar-refractivity contribution is -0.127. The number of benzene rings is 2. The predicted octanol–water partition coefficient (Wildman–Crippen LogP) is 4.37. The number of nitrogens with zero attached hydrogens (tertiary/aromatic N) is 3. The van der Waals surface area contributed by atoms with Gasteiger partial charge in [0.05, 0.1) is 27.1 Å². The van der Waals surface area contributed by atoms with E-state index >= 15 is 0 Å². The minimum absolute atomic E-state index is 0.0322. The summed E-state index contributed by atoms with van der Waals surface area (Å²) in [6.07, 6.45) is 0. The number of anilines is 2. The number of ether oxygens (including phenoxy) is 3. The maximum atomic E-state index is 12.7. The zero-order valence-corrected chi connectivity index (χ0v) is 20.3. The molecule has 1 N–H and O–H groups in total. The van der Waals surface area contributed by atoms with Crippen molar-refractivity contribution in [1.82, 2.24) is 15.1 Å². The van der Waals surface area contributed by atoms with Crippen molar-refractivity contribution >= 4 is 39.8 Å². The molecule has 0 unspecified atom stereocenters. The minimum Gasteiger partial charge on any atom is -0.493 e. The van der Waals surface area contributed by atoms with E-state index in [2.05, 4.69) is 15.5 Å². The van der Waals surface area contributed by atoms with Crippen LogP contribution in [0.2, 0.25) is 0 Å². The first-order valence-electron chi connectivity index (χ1n) is 9.77. The highest BCUT2D eigenvalue weighted by Gasteiger charge is 2.19. The molecular formula is C22H26N4O4S2. The van der Waals surface area contributed by atoms with E-state index in [1.54, 1.807) is 39.3 Å². The van der Waals surface area contributed by atoms with Crippen LogP contribution >= 0.6 is 23.1 Å². The summed E-state index contributed by atoms with van der Waals surface area (Å²) < 4.78 is 17.0. The van der Waals surface area contributed by atoms with Gasteiger partial charge in [-0.3, -0.25) is 4.79 Å². The van der Waals surface area contributed by atoms with Gasteiger partial charge in [-0.1, -0.05) is 35.2 Å². The number of carbonyl (C=O) groups is 1. The molecule has 3 aromatic rings. The summed E-state index contributed by atoms with van der Waals surface area (Å²) in [6, 6.07) is 11.7. The Labute approximate surface area is 195 Å². The van der Waals surface area contributed by atoms with Crippen molar-refractivity contribution in [3.05, 3.63) is 47.5 Å². The molecule has 0 aliphatic heterocycles. The molecule has 0 saturated carbocycles. The topological polar surface area (TPSA) is 85.8 Å². The van der Waals surface area contributed by atoms with Gasteiger partial charge in [0.2, 0.25) is 16.8 Å². The van der Waals surface area contributed by atoms with Crippen LogP contribution < -0.4 is 19.5 Å². The number of thioether (sulfide) groups is 1. The fourth-order valence-corrected chi connectivity index (χ4v) is 4.74. The van der Waals surface area contributed by atoms with Gasteiger partial charge in [-0.2, -0.15) is 0 Å². The van der Waals surface area contributed by atoms with Gasteiger partial charge in [-0.25, -0.2) is 0 Å². The lowest BCUT2D eigenvalue weighted by Crippen LogP contribution is -2.28. The number of aromatic nitrogens is 2. The molecule has 32 heavy (non-hydrogen) atoms. The highest BCUT2D eigenvalue weighted by atomic mass is 32.2. The standard InChI is InChI=1S/C22H26N4O4S2/c1-14-7-6-8-16(11-14)23-21-24-25-22(32-21)31-13-18(27)26(2)12-15-9-10-17(28-3)20(30-5)19(15)29-4/h6-11H,12-13H2,1-5H3,(H,23,24). The van der Waals surface area contributed by atoms with Crippen molar-refractivity contribution in [1.29, 1.82) is 0 Å². The van der Waals surface area contributed by atoms with Crippen LogP contribution in [-0.2, 0) is 11.3 Å². The Morgan fingerprint density at radius 2 is 1.88 bits per heavy atom. The fourth-order valence-electron chi connectivity index (χ4n) is 3.03. The molecule has 170 valence electrons. The first-order valence-corrected chi connectivity index (χ1v) is 11.6. The van der Waals surface area contributed by atoms with Gasteiger partial charge in [-0.15, -0.1) is 10.2 Å². The molecular weight excluding hydrogens is 448 g/mol. The van der Waals surface area contributed by atoms with Crippen LogP contribution in [0.15, 0.2) is 40.7 Å². The van der Waals surface area contributed by atoms with Gasteiger partial charge in [0, 0.05) is 24.8 Å². The van der Waals surface area contributed by atoms with Crippen LogP contribution in [0.4, 0.5) is 10.8 Å². The summed E-state index contributed by atoms with van der Waals surface area (Å²) in [5, 5.41) is 12.3. The van der Waals surface area contributed by atoms with Crippen LogP contribution in [0.25, 0.3) is 0 Å². The van der Waals surface area contributed by atoms with Crippen molar-refractivity contribution in [3.63, 3.8) is 0 Å². The number of carbonyl (C=O) groups excluding carboxylic acids is 1. The van der Waals surface area contributed by atoms with Crippen LogP contribution in [0.1, 0.15) is 11.1 Å². The Kier molecular flexibility index (Phi) is 8.18. The fraction of sp³-hybridized carbons (Fsp3) is 0.318. The van der Waals surface area contributed by atoms with E-state index in [0.717, 1.165) is 21.2 Å². The Morgan fingerprint density at radius 3 is 2.56 bits per heavy atom. The van der Waals surface area contributed by atoms with Crippen molar-refractivity contribution in [3.8, 4) is 17.2 Å². The first kappa shape index (κ1) is 23.7. The summed E-state index contributed by atoms with van der Waals surface area (Å²) in [5.41, 5.74) is 2.94. The summed E-state index contributed by atoms with van der Waals surface area (Å²) >= 11 is 2.78. The van der Waals surface area contributed by atoms with Crippen molar-refractivity contribution in [2.45, 2.75) is 17.8 Å². The molecule has 0 saturated heterocycles. The van der Waals surface area contributed by atoms with E-state index < -0.39 is 0 Å². The second-order valence-electron chi connectivity index (χ2n) is 6.90. The lowest BCUT2D eigenvalue weighted by atomic mass is 10.1. The second-order valence-corrected chi connectivity index (χ2v) is 9.10. The van der Waals surface area contributed by atoms with Gasteiger partial charge in [0.15, 0.2) is 15.8 Å². The Balaban J connectivity index is 1.58. The van der Waals surface area contributed by atoms with Crippen LogP contribution in [-0.4, -0.2) is 55.1 Å². The number of methoxy groups -OCH3 is 3.